The first kappa shape index (κ1) is 16.2. The molecule has 0 saturated carbocycles. The first-order chi connectivity index (χ1) is 11.6. The van der Waals surface area contributed by atoms with Gasteiger partial charge in [-0.15, -0.1) is 10.2 Å². The van der Waals surface area contributed by atoms with Crippen LogP contribution in [0.5, 0.6) is 0 Å². The van der Waals surface area contributed by atoms with Crippen LogP contribution in [0.2, 0.25) is 0 Å². The smallest absolute Gasteiger partial charge is 0.305 e. The van der Waals surface area contributed by atoms with Crippen molar-refractivity contribution in [1.29, 1.82) is 0 Å². The van der Waals surface area contributed by atoms with E-state index >= 15 is 0 Å². The van der Waals surface area contributed by atoms with Gasteiger partial charge in [0.15, 0.2) is 11.0 Å². The highest BCUT2D eigenvalue weighted by atomic mass is 32.2. The minimum Gasteiger partial charge on any atom is -0.305 e. The van der Waals surface area contributed by atoms with Gasteiger partial charge in [-0.1, -0.05) is 36.0 Å². The maximum absolute atomic E-state index is 10.6. The number of hydrogen-bond donors (Lipinski definition) is 0. The van der Waals surface area contributed by atoms with E-state index in [1.54, 1.807) is 4.68 Å². The molecule has 24 heavy (non-hydrogen) atoms. The molecule has 0 atom stereocenters. The molecule has 0 aliphatic heterocycles. The van der Waals surface area contributed by atoms with Crippen molar-refractivity contribution in [3.05, 3.63) is 52.3 Å². The second-order valence-electron chi connectivity index (χ2n) is 5.25. The molecule has 124 valence electrons. The van der Waals surface area contributed by atoms with Crippen molar-refractivity contribution in [1.82, 2.24) is 24.5 Å². The number of nitrogens with zero attached hydrogens (tertiary/aromatic N) is 6. The molecule has 0 N–H and O–H groups in total. The van der Waals surface area contributed by atoms with Crippen molar-refractivity contribution in [3.8, 4) is 11.4 Å². The lowest BCUT2D eigenvalue weighted by Gasteiger charge is -2.06. The second kappa shape index (κ2) is 6.83. The number of aromatic nitrogens is 5. The summed E-state index contributed by atoms with van der Waals surface area (Å²) in [5.41, 5.74) is 2.20. The number of aryl methyl sites for hydroxylation is 2. The van der Waals surface area contributed by atoms with Crippen molar-refractivity contribution in [2.24, 2.45) is 7.05 Å². The average molecular weight is 344 g/mol. The molecule has 0 bridgehead atoms. The number of thioether (sulfide) groups is 1. The fraction of sp³-hybridized carbons (Fsp3) is 0.267. The lowest BCUT2D eigenvalue weighted by Crippen LogP contribution is -2.02. The van der Waals surface area contributed by atoms with Crippen LogP contribution in [0, 0.1) is 17.0 Å². The third-order valence-corrected chi connectivity index (χ3v) is 4.60. The molecule has 8 nitrogen and oxygen atoms in total. The van der Waals surface area contributed by atoms with Gasteiger partial charge in [-0.25, -0.2) is 0 Å². The minimum atomic E-state index is -0.451. The van der Waals surface area contributed by atoms with Crippen LogP contribution in [0.1, 0.15) is 5.56 Å². The summed E-state index contributed by atoms with van der Waals surface area (Å²) in [4.78, 5) is 10.2. The Bertz CT molecular complexity index is 872. The van der Waals surface area contributed by atoms with E-state index in [1.165, 1.54) is 24.2 Å². The summed E-state index contributed by atoms with van der Waals surface area (Å²) in [7, 11) is 1.93. The number of nitro groups is 1. The van der Waals surface area contributed by atoms with Crippen LogP contribution in [-0.4, -0.2) is 35.2 Å². The highest BCUT2D eigenvalue weighted by Gasteiger charge is 2.13. The molecule has 1 aromatic carbocycles. The van der Waals surface area contributed by atoms with Crippen LogP contribution in [0.4, 0.5) is 5.69 Å². The van der Waals surface area contributed by atoms with Crippen LogP contribution >= 0.6 is 11.8 Å². The van der Waals surface area contributed by atoms with E-state index in [-0.39, 0.29) is 5.69 Å². The van der Waals surface area contributed by atoms with Gasteiger partial charge in [0.05, 0.1) is 11.5 Å². The summed E-state index contributed by atoms with van der Waals surface area (Å²) in [6.07, 6.45) is 2.68. The van der Waals surface area contributed by atoms with Crippen molar-refractivity contribution in [3.63, 3.8) is 0 Å². The van der Waals surface area contributed by atoms with E-state index in [0.717, 1.165) is 22.1 Å². The topological polar surface area (TPSA) is 91.7 Å². The molecule has 0 spiro atoms. The summed E-state index contributed by atoms with van der Waals surface area (Å²) in [6.45, 7) is 2.60. The van der Waals surface area contributed by atoms with E-state index < -0.39 is 4.92 Å². The van der Waals surface area contributed by atoms with Gasteiger partial charge in [-0.2, -0.15) is 5.10 Å². The highest BCUT2D eigenvalue weighted by Crippen LogP contribution is 2.25. The van der Waals surface area contributed by atoms with Gasteiger partial charge in [0.2, 0.25) is 0 Å². The van der Waals surface area contributed by atoms with Gasteiger partial charge < -0.3 is 4.57 Å². The predicted molar refractivity (Wildman–Crippen MR) is 90.8 cm³/mol. The van der Waals surface area contributed by atoms with Crippen LogP contribution < -0.4 is 0 Å². The minimum absolute atomic E-state index is 0.000461. The lowest BCUT2D eigenvalue weighted by molar-refractivity contribution is -0.385. The fourth-order valence-corrected chi connectivity index (χ4v) is 3.14. The van der Waals surface area contributed by atoms with Crippen LogP contribution in [0.25, 0.3) is 11.4 Å². The molecular weight excluding hydrogens is 328 g/mol. The summed E-state index contributed by atoms with van der Waals surface area (Å²) in [5, 5.41) is 23.9. The molecule has 0 saturated heterocycles. The molecule has 0 amide bonds. The van der Waals surface area contributed by atoms with Gasteiger partial charge in [0.25, 0.3) is 0 Å². The molecule has 0 aliphatic rings. The highest BCUT2D eigenvalue weighted by molar-refractivity contribution is 7.99. The molecule has 2 aromatic heterocycles. The number of rotatable bonds is 6. The molecule has 0 fully saturated rings. The maximum Gasteiger partial charge on any atom is 0.306 e. The first-order valence-corrected chi connectivity index (χ1v) is 8.30. The van der Waals surface area contributed by atoms with E-state index in [9.17, 15) is 10.1 Å². The fourth-order valence-electron chi connectivity index (χ4n) is 2.30. The van der Waals surface area contributed by atoms with E-state index in [2.05, 4.69) is 15.3 Å². The van der Waals surface area contributed by atoms with Crippen molar-refractivity contribution in [2.45, 2.75) is 18.6 Å². The third kappa shape index (κ3) is 3.30. The zero-order valence-corrected chi connectivity index (χ0v) is 14.1. The Labute approximate surface area is 142 Å². The standard InChI is InChI=1S/C15H16N6O2S/c1-11-5-3-4-6-13(11)14-17-18-15(19(14)2)24-8-7-20-10-12(9-16-20)21(22)23/h3-6,9-10H,7-8H2,1-2H3. The van der Waals surface area contributed by atoms with E-state index in [0.29, 0.717) is 12.3 Å². The van der Waals surface area contributed by atoms with E-state index in [4.69, 9.17) is 0 Å². The van der Waals surface area contributed by atoms with Gasteiger partial charge in [0.1, 0.15) is 12.4 Å². The summed E-state index contributed by atoms with van der Waals surface area (Å²) >= 11 is 1.54. The second-order valence-corrected chi connectivity index (χ2v) is 6.31. The SMILES string of the molecule is Cc1ccccc1-c1nnc(SCCn2cc([N+](=O)[O-])cn2)n1C. The summed E-state index contributed by atoms with van der Waals surface area (Å²) < 4.78 is 3.52. The molecule has 0 aliphatic carbocycles. The van der Waals surface area contributed by atoms with Crippen LogP contribution in [0.3, 0.4) is 0 Å². The Kier molecular flexibility index (Phi) is 4.61. The van der Waals surface area contributed by atoms with Gasteiger partial charge in [-0.05, 0) is 12.5 Å². The van der Waals surface area contributed by atoms with Crippen molar-refractivity contribution in [2.75, 3.05) is 5.75 Å². The molecule has 0 radical (unpaired) electrons. The van der Waals surface area contributed by atoms with Crippen molar-refractivity contribution < 1.29 is 4.92 Å². The maximum atomic E-state index is 10.6. The molecule has 0 unspecified atom stereocenters. The van der Waals surface area contributed by atoms with Gasteiger partial charge >= 0.3 is 5.69 Å². The number of benzene rings is 1. The third-order valence-electron chi connectivity index (χ3n) is 3.60. The monoisotopic (exact) mass is 344 g/mol. The molecular formula is C15H16N6O2S. The lowest BCUT2D eigenvalue weighted by atomic mass is 10.1. The predicted octanol–water partition coefficient (Wildman–Crippen LogP) is 2.69. The zero-order chi connectivity index (χ0) is 17.1. The van der Waals surface area contributed by atoms with E-state index in [1.807, 2.05) is 42.8 Å². The quantitative estimate of drug-likeness (QED) is 0.388. The molecule has 3 aromatic rings. The average Bonchev–Trinajstić information content (AvgIpc) is 3.16. The molecule has 9 heteroatoms. The summed E-state index contributed by atoms with van der Waals surface area (Å²) in [5.74, 6) is 1.52. The van der Waals surface area contributed by atoms with Crippen LogP contribution in [0.15, 0.2) is 41.8 Å². The summed E-state index contributed by atoms with van der Waals surface area (Å²) in [6, 6.07) is 8.04. The Morgan fingerprint density at radius 2 is 2.08 bits per heavy atom. The van der Waals surface area contributed by atoms with Crippen LogP contribution in [-0.2, 0) is 13.6 Å². The van der Waals surface area contributed by atoms with Gasteiger partial charge in [0, 0.05) is 18.4 Å². The van der Waals surface area contributed by atoms with Crippen molar-refractivity contribution >= 4 is 17.4 Å². The largest absolute Gasteiger partial charge is 0.306 e. The first-order valence-electron chi connectivity index (χ1n) is 7.31. The zero-order valence-electron chi connectivity index (χ0n) is 13.3. The molecule has 3 rings (SSSR count). The Hall–Kier alpha value is -2.68. The normalized spacial score (nSPS) is 10.9. The Balaban J connectivity index is 1.66. The Morgan fingerprint density at radius 3 is 2.79 bits per heavy atom. The Morgan fingerprint density at radius 1 is 1.29 bits per heavy atom. The number of hydrogen-bond acceptors (Lipinski definition) is 6. The van der Waals surface area contributed by atoms with Gasteiger partial charge in [-0.3, -0.25) is 14.8 Å². The molecule has 2 heterocycles.